The number of nitrogens with zero attached hydrogens (tertiary/aromatic N) is 1. The monoisotopic (exact) mass is 251 g/mol. The molecule has 1 aliphatic rings. The smallest absolute Gasteiger partial charge is 0.362 e. The van der Waals surface area contributed by atoms with Gasteiger partial charge in [0.05, 0.1) is 5.92 Å². The molecule has 1 aliphatic heterocycles. The van der Waals surface area contributed by atoms with E-state index in [-0.39, 0.29) is 5.92 Å². The molecule has 0 aromatic rings. The van der Waals surface area contributed by atoms with E-state index in [0.717, 1.165) is 19.6 Å². The van der Waals surface area contributed by atoms with Gasteiger partial charge in [-0.05, 0) is 32.5 Å². The molecule has 2 N–H and O–H groups in total. The summed E-state index contributed by atoms with van der Waals surface area (Å²) >= 11 is 0. The van der Waals surface area contributed by atoms with Crippen LogP contribution in [-0.2, 0) is 14.1 Å². The summed E-state index contributed by atoms with van der Waals surface area (Å²) in [5.74, 6) is -0.701. The van der Waals surface area contributed by atoms with Gasteiger partial charge in [0.15, 0.2) is 6.35 Å². The Morgan fingerprint density at radius 3 is 2.44 bits per heavy atom. The lowest BCUT2D eigenvalue weighted by molar-refractivity contribution is -0.148. The highest BCUT2D eigenvalue weighted by Crippen LogP contribution is 2.34. The van der Waals surface area contributed by atoms with Gasteiger partial charge in [-0.2, -0.15) is 0 Å². The van der Waals surface area contributed by atoms with E-state index in [1.165, 1.54) is 0 Å². The highest BCUT2D eigenvalue weighted by atomic mass is 31.2. The van der Waals surface area contributed by atoms with Crippen molar-refractivity contribution >= 4 is 13.6 Å². The normalized spacial score (nSPS) is 19.7. The molecule has 0 aliphatic carbocycles. The minimum atomic E-state index is -4.24. The Balaban J connectivity index is 2.31. The van der Waals surface area contributed by atoms with E-state index in [2.05, 4.69) is 16.6 Å². The van der Waals surface area contributed by atoms with Gasteiger partial charge in [0, 0.05) is 0 Å². The first-order valence-corrected chi connectivity index (χ1v) is 7.15. The predicted octanol–water partition coefficient (Wildman–Crippen LogP) is 0.397. The van der Waals surface area contributed by atoms with Crippen LogP contribution in [0.1, 0.15) is 19.8 Å². The molecule has 0 radical (unpaired) electrons. The molecule has 7 heteroatoms. The molecule has 1 fully saturated rings. The van der Waals surface area contributed by atoms with Crippen LogP contribution in [0.4, 0.5) is 0 Å². The van der Waals surface area contributed by atoms with Crippen LogP contribution in [-0.4, -0.2) is 46.6 Å². The molecular formula is C9H18NO5P. The zero-order valence-corrected chi connectivity index (χ0v) is 10.2. The Labute approximate surface area is 94.7 Å². The summed E-state index contributed by atoms with van der Waals surface area (Å²) in [6.45, 7) is 4.70. The molecule has 0 spiro atoms. The van der Waals surface area contributed by atoms with Crippen molar-refractivity contribution in [3.8, 4) is 0 Å². The topological polar surface area (TPSA) is 87.1 Å². The first-order valence-electron chi connectivity index (χ1n) is 5.36. The number of carbonyl (C=O) groups is 1. The average Bonchev–Trinajstić information content (AvgIpc) is 2.25. The second-order valence-corrected chi connectivity index (χ2v) is 5.55. The minimum Gasteiger partial charge on any atom is -0.452 e. The summed E-state index contributed by atoms with van der Waals surface area (Å²) in [6.07, 6.45) is 0.599. The Bertz CT molecular complexity index is 282. The van der Waals surface area contributed by atoms with E-state index in [9.17, 15) is 9.36 Å². The van der Waals surface area contributed by atoms with Crippen molar-refractivity contribution in [1.82, 2.24) is 4.90 Å². The number of likely N-dealkylation sites (tertiary alicyclic amines) is 1. The van der Waals surface area contributed by atoms with Crippen LogP contribution in [0.15, 0.2) is 0 Å². The van der Waals surface area contributed by atoms with Gasteiger partial charge < -0.3 is 19.4 Å². The molecule has 1 saturated heterocycles. The number of rotatable bonds is 4. The quantitative estimate of drug-likeness (QED) is 0.555. The molecule has 1 rings (SSSR count). The highest BCUT2D eigenvalue weighted by molar-refractivity contribution is 7.51. The van der Waals surface area contributed by atoms with Crippen LogP contribution in [0.2, 0.25) is 0 Å². The van der Waals surface area contributed by atoms with E-state index in [4.69, 9.17) is 9.79 Å². The van der Waals surface area contributed by atoms with Gasteiger partial charge in [0.25, 0.3) is 0 Å². The maximum atomic E-state index is 11.5. The number of esters is 1. The van der Waals surface area contributed by atoms with Gasteiger partial charge in [-0.1, -0.05) is 6.92 Å². The molecule has 0 aromatic carbocycles. The molecule has 0 saturated carbocycles. The molecular weight excluding hydrogens is 233 g/mol. The summed E-state index contributed by atoms with van der Waals surface area (Å²) < 4.78 is 15.1. The van der Waals surface area contributed by atoms with E-state index >= 15 is 0 Å². The zero-order valence-electron chi connectivity index (χ0n) is 9.33. The summed E-state index contributed by atoms with van der Waals surface area (Å²) in [5, 5.41) is 0. The fraction of sp³-hybridized carbons (Fsp3) is 0.889. The van der Waals surface area contributed by atoms with E-state index < -0.39 is 19.9 Å². The number of hydrogen-bond acceptors (Lipinski definition) is 4. The van der Waals surface area contributed by atoms with Crippen molar-refractivity contribution in [2.45, 2.75) is 19.8 Å². The molecule has 0 bridgehead atoms. The summed E-state index contributed by atoms with van der Waals surface area (Å²) in [5.41, 5.74) is 0. The molecule has 94 valence electrons. The summed E-state index contributed by atoms with van der Waals surface area (Å²) in [6, 6.07) is 0. The Morgan fingerprint density at radius 1 is 1.44 bits per heavy atom. The lowest BCUT2D eigenvalue weighted by atomic mass is 9.97. The number of carbonyl (C=O) groups excluding carboxylic acids is 1. The SMILES string of the molecule is CCN1CCC(C(=O)OCP(=O)(O)O)CC1. The van der Waals surface area contributed by atoms with Crippen molar-refractivity contribution in [2.75, 3.05) is 26.0 Å². The maximum absolute atomic E-state index is 11.5. The third kappa shape index (κ3) is 4.61. The van der Waals surface area contributed by atoms with Gasteiger partial charge in [0.2, 0.25) is 0 Å². The molecule has 16 heavy (non-hydrogen) atoms. The van der Waals surface area contributed by atoms with Crippen molar-refractivity contribution < 1.29 is 23.9 Å². The van der Waals surface area contributed by atoms with Crippen LogP contribution in [0, 0.1) is 5.92 Å². The van der Waals surface area contributed by atoms with Crippen LogP contribution in [0.3, 0.4) is 0 Å². The van der Waals surface area contributed by atoms with Crippen molar-refractivity contribution in [3.05, 3.63) is 0 Å². The third-order valence-electron chi connectivity index (χ3n) is 2.74. The number of ether oxygens (including phenoxy) is 1. The first kappa shape index (κ1) is 13.6. The fourth-order valence-electron chi connectivity index (χ4n) is 1.75. The molecule has 0 amide bonds. The number of piperidine rings is 1. The molecule has 6 nitrogen and oxygen atoms in total. The maximum Gasteiger partial charge on any atom is 0.362 e. The van der Waals surface area contributed by atoms with Crippen LogP contribution >= 0.6 is 7.60 Å². The van der Waals surface area contributed by atoms with E-state index in [0.29, 0.717) is 12.8 Å². The first-order chi connectivity index (χ1) is 7.42. The predicted molar refractivity (Wildman–Crippen MR) is 57.8 cm³/mol. The van der Waals surface area contributed by atoms with Crippen LogP contribution < -0.4 is 0 Å². The van der Waals surface area contributed by atoms with Crippen molar-refractivity contribution in [2.24, 2.45) is 5.92 Å². The number of hydrogen-bond donors (Lipinski definition) is 2. The molecule has 0 unspecified atom stereocenters. The lowest BCUT2D eigenvalue weighted by Crippen LogP contribution is -2.36. The zero-order chi connectivity index (χ0) is 12.2. The highest BCUT2D eigenvalue weighted by Gasteiger charge is 2.27. The van der Waals surface area contributed by atoms with E-state index in [1.807, 2.05) is 0 Å². The summed E-state index contributed by atoms with van der Waals surface area (Å²) in [7, 11) is -4.24. The third-order valence-corrected chi connectivity index (χ3v) is 3.21. The van der Waals surface area contributed by atoms with Gasteiger partial charge >= 0.3 is 13.6 Å². The molecule has 1 heterocycles. The summed E-state index contributed by atoms with van der Waals surface area (Å²) in [4.78, 5) is 30.8. The van der Waals surface area contributed by atoms with Crippen molar-refractivity contribution in [3.63, 3.8) is 0 Å². The average molecular weight is 251 g/mol. The van der Waals surface area contributed by atoms with Gasteiger partial charge in [-0.3, -0.25) is 9.36 Å². The minimum absolute atomic E-state index is 0.214. The fourth-order valence-corrected chi connectivity index (χ4v) is 2.05. The van der Waals surface area contributed by atoms with Gasteiger partial charge in [-0.25, -0.2) is 0 Å². The van der Waals surface area contributed by atoms with E-state index in [1.54, 1.807) is 0 Å². The van der Waals surface area contributed by atoms with Gasteiger partial charge in [-0.15, -0.1) is 0 Å². The second kappa shape index (κ2) is 5.77. The molecule has 0 aromatic heterocycles. The molecule has 0 atom stereocenters. The van der Waals surface area contributed by atoms with Crippen LogP contribution in [0.25, 0.3) is 0 Å². The Morgan fingerprint density at radius 2 is 2.00 bits per heavy atom. The van der Waals surface area contributed by atoms with Crippen molar-refractivity contribution in [1.29, 1.82) is 0 Å². The Hall–Kier alpha value is -0.420. The largest absolute Gasteiger partial charge is 0.452 e. The van der Waals surface area contributed by atoms with Crippen LogP contribution in [0.5, 0.6) is 0 Å². The standard InChI is InChI=1S/C9H18NO5P/c1-2-10-5-3-8(4-6-10)9(11)15-7-16(12,13)14/h8H,2-7H2,1H3,(H2,12,13,14). The Kier molecular flexibility index (Phi) is 4.92. The van der Waals surface area contributed by atoms with Gasteiger partial charge in [0.1, 0.15) is 0 Å². The lowest BCUT2D eigenvalue weighted by Gasteiger charge is -2.29. The second-order valence-electron chi connectivity index (χ2n) is 3.97.